The summed E-state index contributed by atoms with van der Waals surface area (Å²) < 4.78 is 0. The van der Waals surface area contributed by atoms with Crippen molar-refractivity contribution in [2.24, 2.45) is 5.92 Å². The number of aliphatic hydroxyl groups excluding tert-OH is 1. The lowest BCUT2D eigenvalue weighted by atomic mass is 9.81. The number of aliphatic hydroxyl groups is 1. The van der Waals surface area contributed by atoms with E-state index in [4.69, 9.17) is 5.11 Å². The van der Waals surface area contributed by atoms with Crippen molar-refractivity contribution in [1.29, 1.82) is 0 Å². The smallest absolute Gasteiger partial charge is 0.225 e. The summed E-state index contributed by atoms with van der Waals surface area (Å²) in [5, 5.41) is 9.12. The topological polar surface area (TPSA) is 49.2 Å². The predicted octanol–water partition coefficient (Wildman–Crippen LogP) is 1.56. The molecule has 1 saturated carbocycles. The number of rotatable bonds is 3. The fourth-order valence-corrected chi connectivity index (χ4v) is 2.61. The molecule has 1 aliphatic carbocycles. The lowest BCUT2D eigenvalue weighted by molar-refractivity contribution is 0.238. The molecule has 4 heteroatoms. The second-order valence-corrected chi connectivity index (χ2v) is 5.23. The van der Waals surface area contributed by atoms with E-state index in [2.05, 4.69) is 14.9 Å². The molecule has 1 N–H and O–H groups in total. The summed E-state index contributed by atoms with van der Waals surface area (Å²) in [6.07, 6.45) is 8.94. The van der Waals surface area contributed by atoms with E-state index in [0.29, 0.717) is 11.8 Å². The van der Waals surface area contributed by atoms with Crippen LogP contribution in [0.15, 0.2) is 12.4 Å². The van der Waals surface area contributed by atoms with Gasteiger partial charge in [-0.25, -0.2) is 9.97 Å². The molecule has 1 aliphatic heterocycles. The zero-order valence-corrected chi connectivity index (χ0v) is 10.0. The molecule has 92 valence electrons. The maximum atomic E-state index is 9.12. The SMILES string of the molecule is OCC1CCN(c2ncc(C3CCC3)cn2)C1. The molecule has 0 amide bonds. The molecule has 1 aromatic heterocycles. The van der Waals surface area contributed by atoms with E-state index in [-0.39, 0.29) is 6.61 Å². The van der Waals surface area contributed by atoms with Crippen molar-refractivity contribution >= 4 is 5.95 Å². The summed E-state index contributed by atoms with van der Waals surface area (Å²) in [6, 6.07) is 0. The Kier molecular flexibility index (Phi) is 2.97. The van der Waals surface area contributed by atoms with Crippen LogP contribution in [0.5, 0.6) is 0 Å². The molecular weight excluding hydrogens is 214 g/mol. The van der Waals surface area contributed by atoms with Crippen LogP contribution in [0.3, 0.4) is 0 Å². The third-order valence-electron chi connectivity index (χ3n) is 4.06. The van der Waals surface area contributed by atoms with Crippen molar-refractivity contribution in [2.75, 3.05) is 24.6 Å². The molecule has 2 fully saturated rings. The van der Waals surface area contributed by atoms with Gasteiger partial charge in [-0.1, -0.05) is 6.42 Å². The Balaban J connectivity index is 1.67. The van der Waals surface area contributed by atoms with Gasteiger partial charge in [0.1, 0.15) is 0 Å². The first kappa shape index (κ1) is 11.0. The van der Waals surface area contributed by atoms with E-state index in [0.717, 1.165) is 25.5 Å². The first-order valence-corrected chi connectivity index (χ1v) is 6.54. The summed E-state index contributed by atoms with van der Waals surface area (Å²) in [4.78, 5) is 11.1. The average Bonchev–Trinajstić information content (AvgIpc) is 2.76. The molecular formula is C13H19N3O. The molecule has 0 aromatic carbocycles. The van der Waals surface area contributed by atoms with Crippen LogP contribution >= 0.6 is 0 Å². The van der Waals surface area contributed by atoms with Crippen molar-refractivity contribution in [1.82, 2.24) is 9.97 Å². The minimum absolute atomic E-state index is 0.274. The Hall–Kier alpha value is -1.16. The van der Waals surface area contributed by atoms with Crippen LogP contribution in [0.1, 0.15) is 37.2 Å². The van der Waals surface area contributed by atoms with E-state index in [1.165, 1.54) is 24.8 Å². The molecule has 17 heavy (non-hydrogen) atoms. The Labute approximate surface area is 102 Å². The molecule has 2 aliphatic rings. The van der Waals surface area contributed by atoms with Crippen LogP contribution in [0.2, 0.25) is 0 Å². The maximum absolute atomic E-state index is 9.12. The van der Waals surface area contributed by atoms with Gasteiger partial charge in [0.2, 0.25) is 5.95 Å². The number of anilines is 1. The van der Waals surface area contributed by atoms with Gasteiger partial charge < -0.3 is 10.0 Å². The summed E-state index contributed by atoms with van der Waals surface area (Å²) in [6.45, 7) is 2.13. The number of hydrogen-bond donors (Lipinski definition) is 1. The minimum atomic E-state index is 0.274. The lowest BCUT2D eigenvalue weighted by Crippen LogP contribution is -2.23. The molecule has 1 atom stereocenters. The molecule has 4 nitrogen and oxygen atoms in total. The quantitative estimate of drug-likeness (QED) is 0.860. The van der Waals surface area contributed by atoms with E-state index in [9.17, 15) is 0 Å². The highest BCUT2D eigenvalue weighted by Crippen LogP contribution is 2.35. The molecule has 0 bridgehead atoms. The van der Waals surface area contributed by atoms with E-state index in [1.54, 1.807) is 0 Å². The van der Waals surface area contributed by atoms with Gasteiger partial charge in [-0.05, 0) is 30.7 Å². The van der Waals surface area contributed by atoms with Crippen LogP contribution in [0.4, 0.5) is 5.95 Å². The van der Waals surface area contributed by atoms with Gasteiger partial charge in [-0.3, -0.25) is 0 Å². The number of hydrogen-bond acceptors (Lipinski definition) is 4. The van der Waals surface area contributed by atoms with Gasteiger partial charge in [0, 0.05) is 38.0 Å². The van der Waals surface area contributed by atoms with E-state index >= 15 is 0 Å². The summed E-state index contributed by atoms with van der Waals surface area (Å²) in [7, 11) is 0. The fourth-order valence-electron chi connectivity index (χ4n) is 2.61. The summed E-state index contributed by atoms with van der Waals surface area (Å²) in [5.41, 5.74) is 1.29. The third-order valence-corrected chi connectivity index (χ3v) is 4.06. The van der Waals surface area contributed by atoms with Crippen molar-refractivity contribution in [3.05, 3.63) is 18.0 Å². The van der Waals surface area contributed by atoms with Gasteiger partial charge >= 0.3 is 0 Å². The van der Waals surface area contributed by atoms with Crippen molar-refractivity contribution in [3.8, 4) is 0 Å². The van der Waals surface area contributed by atoms with Crippen LogP contribution < -0.4 is 4.90 Å². The summed E-state index contributed by atoms with van der Waals surface area (Å²) >= 11 is 0. The van der Waals surface area contributed by atoms with Gasteiger partial charge in [0.05, 0.1) is 0 Å². The lowest BCUT2D eigenvalue weighted by Gasteiger charge is -2.25. The monoisotopic (exact) mass is 233 g/mol. The standard InChI is InChI=1S/C13H19N3O/c17-9-10-4-5-16(8-10)13-14-6-12(7-15-13)11-2-1-3-11/h6-7,10-11,17H,1-5,8-9H2. The molecule has 2 heterocycles. The highest BCUT2D eigenvalue weighted by molar-refractivity contribution is 5.32. The van der Waals surface area contributed by atoms with Crippen molar-refractivity contribution in [3.63, 3.8) is 0 Å². The van der Waals surface area contributed by atoms with E-state index < -0.39 is 0 Å². The normalized spacial score (nSPS) is 25.0. The molecule has 3 rings (SSSR count). The molecule has 0 spiro atoms. The molecule has 0 radical (unpaired) electrons. The Bertz CT molecular complexity index is 375. The second kappa shape index (κ2) is 4.61. The van der Waals surface area contributed by atoms with Crippen LogP contribution in [-0.4, -0.2) is 34.8 Å². The Morgan fingerprint density at radius 1 is 1.24 bits per heavy atom. The van der Waals surface area contributed by atoms with Crippen molar-refractivity contribution < 1.29 is 5.11 Å². The number of nitrogens with zero attached hydrogens (tertiary/aromatic N) is 3. The Morgan fingerprint density at radius 2 is 2.00 bits per heavy atom. The van der Waals surface area contributed by atoms with E-state index in [1.807, 2.05) is 12.4 Å². The average molecular weight is 233 g/mol. The van der Waals surface area contributed by atoms with Gasteiger partial charge in [0.25, 0.3) is 0 Å². The highest BCUT2D eigenvalue weighted by Gasteiger charge is 2.24. The first-order valence-electron chi connectivity index (χ1n) is 6.54. The van der Waals surface area contributed by atoms with Crippen LogP contribution in [0, 0.1) is 5.92 Å². The minimum Gasteiger partial charge on any atom is -0.396 e. The molecule has 1 aromatic rings. The molecule has 1 saturated heterocycles. The third kappa shape index (κ3) is 2.14. The predicted molar refractivity (Wildman–Crippen MR) is 66.0 cm³/mol. The van der Waals surface area contributed by atoms with Gasteiger partial charge in [0.15, 0.2) is 0 Å². The zero-order valence-electron chi connectivity index (χ0n) is 10.0. The van der Waals surface area contributed by atoms with Crippen LogP contribution in [0.25, 0.3) is 0 Å². The highest BCUT2D eigenvalue weighted by atomic mass is 16.3. The molecule has 1 unspecified atom stereocenters. The largest absolute Gasteiger partial charge is 0.396 e. The summed E-state index contributed by atoms with van der Waals surface area (Å²) in [5.74, 6) is 1.92. The van der Waals surface area contributed by atoms with Crippen LogP contribution in [-0.2, 0) is 0 Å². The van der Waals surface area contributed by atoms with Gasteiger partial charge in [-0.15, -0.1) is 0 Å². The number of aromatic nitrogens is 2. The second-order valence-electron chi connectivity index (χ2n) is 5.23. The Morgan fingerprint density at radius 3 is 2.53 bits per heavy atom. The van der Waals surface area contributed by atoms with Gasteiger partial charge in [-0.2, -0.15) is 0 Å². The van der Waals surface area contributed by atoms with Crippen molar-refractivity contribution in [2.45, 2.75) is 31.6 Å². The maximum Gasteiger partial charge on any atom is 0.225 e. The first-order chi connectivity index (χ1) is 8.36. The fraction of sp³-hybridized carbons (Fsp3) is 0.692. The zero-order chi connectivity index (χ0) is 11.7.